The number of nitrogens with one attached hydrogen (secondary N) is 1. The molecule has 2 aromatic rings. The molecule has 1 heterocycles. The molecule has 1 fully saturated rings. The highest BCUT2D eigenvalue weighted by Crippen LogP contribution is 2.49. The molecule has 0 amide bonds. The third-order valence-electron chi connectivity index (χ3n) is 3.93. The van der Waals surface area contributed by atoms with Crippen LogP contribution in [0.15, 0.2) is 40.6 Å². The van der Waals surface area contributed by atoms with Crippen LogP contribution in [0.2, 0.25) is 5.02 Å². The normalized spacial score (nSPS) is 16.5. The predicted molar refractivity (Wildman–Crippen MR) is 88.4 cm³/mol. The highest BCUT2D eigenvalue weighted by molar-refractivity contribution is 7.89. The van der Waals surface area contributed by atoms with Gasteiger partial charge in [0, 0.05) is 16.8 Å². The molecule has 4 nitrogen and oxygen atoms in total. The van der Waals surface area contributed by atoms with Crippen molar-refractivity contribution in [2.45, 2.75) is 23.2 Å². The van der Waals surface area contributed by atoms with Crippen molar-refractivity contribution < 1.29 is 13.2 Å². The topological polar surface area (TPSA) is 55.4 Å². The zero-order valence-electron chi connectivity index (χ0n) is 12.0. The monoisotopic (exact) mass is 357 g/mol. The molecule has 0 saturated heterocycles. The Labute approximate surface area is 139 Å². The highest BCUT2D eigenvalue weighted by atomic mass is 35.5. The first-order chi connectivity index (χ1) is 10.5. The van der Waals surface area contributed by atoms with E-state index in [1.807, 2.05) is 11.4 Å². The Bertz CT molecular complexity index is 768. The van der Waals surface area contributed by atoms with E-state index >= 15 is 0 Å². The first-order valence-electron chi connectivity index (χ1n) is 6.84. The summed E-state index contributed by atoms with van der Waals surface area (Å²) in [4.78, 5) is 1.39. The van der Waals surface area contributed by atoms with E-state index in [2.05, 4.69) is 10.8 Å². The van der Waals surface area contributed by atoms with Gasteiger partial charge in [0.15, 0.2) is 0 Å². The van der Waals surface area contributed by atoms with Gasteiger partial charge in [-0.2, -0.15) is 0 Å². The summed E-state index contributed by atoms with van der Waals surface area (Å²) >= 11 is 7.68. The van der Waals surface area contributed by atoms with Gasteiger partial charge in [-0.1, -0.05) is 17.7 Å². The lowest BCUT2D eigenvalue weighted by atomic mass is 10.1. The molecule has 0 radical (unpaired) electrons. The molecule has 0 bridgehead atoms. The fourth-order valence-electron chi connectivity index (χ4n) is 2.37. The van der Waals surface area contributed by atoms with Gasteiger partial charge in [-0.15, -0.1) is 11.3 Å². The van der Waals surface area contributed by atoms with Gasteiger partial charge >= 0.3 is 0 Å². The van der Waals surface area contributed by atoms with Crippen LogP contribution in [-0.4, -0.2) is 22.1 Å². The van der Waals surface area contributed by atoms with E-state index < -0.39 is 10.0 Å². The third-order valence-corrected chi connectivity index (χ3v) is 6.74. The Morgan fingerprint density at radius 2 is 2.14 bits per heavy atom. The molecular formula is C15H16ClNO3S2. The average Bonchev–Trinajstić information content (AvgIpc) is 3.09. The molecule has 1 aliphatic rings. The second-order valence-corrected chi connectivity index (χ2v) is 8.50. The van der Waals surface area contributed by atoms with Crippen molar-refractivity contribution in [3.8, 4) is 5.75 Å². The molecule has 0 unspecified atom stereocenters. The van der Waals surface area contributed by atoms with Crippen LogP contribution in [0.5, 0.6) is 5.75 Å². The van der Waals surface area contributed by atoms with E-state index in [1.54, 1.807) is 17.4 Å². The quantitative estimate of drug-likeness (QED) is 0.861. The van der Waals surface area contributed by atoms with Crippen molar-refractivity contribution in [3.63, 3.8) is 0 Å². The molecule has 0 spiro atoms. The van der Waals surface area contributed by atoms with Crippen LogP contribution in [0.3, 0.4) is 0 Å². The smallest absolute Gasteiger partial charge is 0.240 e. The zero-order valence-corrected chi connectivity index (χ0v) is 14.4. The Balaban J connectivity index is 1.76. The fraction of sp³-hybridized carbons (Fsp3) is 0.333. The predicted octanol–water partition coefficient (Wildman–Crippen LogP) is 3.42. The molecule has 1 aromatic carbocycles. The molecule has 0 atom stereocenters. The third kappa shape index (κ3) is 3.01. The maximum atomic E-state index is 12.4. The van der Waals surface area contributed by atoms with Crippen LogP contribution in [0.4, 0.5) is 0 Å². The second kappa shape index (κ2) is 5.85. The second-order valence-electron chi connectivity index (χ2n) is 5.38. The van der Waals surface area contributed by atoms with Crippen molar-refractivity contribution in [2.24, 2.45) is 0 Å². The molecule has 1 saturated carbocycles. The summed E-state index contributed by atoms with van der Waals surface area (Å²) in [6.07, 6.45) is 2.03. The molecule has 1 N–H and O–H groups in total. The molecule has 1 aromatic heterocycles. The zero-order chi connectivity index (χ0) is 15.8. The summed E-state index contributed by atoms with van der Waals surface area (Å²) < 4.78 is 32.6. The number of sulfonamides is 1. The van der Waals surface area contributed by atoms with Crippen molar-refractivity contribution >= 4 is 33.0 Å². The molecule has 3 rings (SSSR count). The van der Waals surface area contributed by atoms with E-state index in [-0.39, 0.29) is 15.3 Å². The number of rotatable bonds is 6. The Hall–Kier alpha value is -1.08. The van der Waals surface area contributed by atoms with Crippen LogP contribution in [0.25, 0.3) is 0 Å². The van der Waals surface area contributed by atoms with Gasteiger partial charge in [-0.25, -0.2) is 13.1 Å². The van der Waals surface area contributed by atoms with Crippen LogP contribution in [-0.2, 0) is 15.4 Å². The summed E-state index contributed by atoms with van der Waals surface area (Å²) in [5.74, 6) is 0.456. The van der Waals surface area contributed by atoms with Crippen LogP contribution in [0.1, 0.15) is 17.7 Å². The minimum Gasteiger partial charge on any atom is -0.495 e. The van der Waals surface area contributed by atoms with Crippen molar-refractivity contribution in [1.29, 1.82) is 0 Å². The SMILES string of the molecule is COc1ccc(S(=O)(=O)NCC2(c3cccs3)CC2)cc1Cl. The van der Waals surface area contributed by atoms with E-state index in [9.17, 15) is 8.42 Å². The van der Waals surface area contributed by atoms with Gasteiger partial charge < -0.3 is 4.74 Å². The van der Waals surface area contributed by atoms with Crippen LogP contribution >= 0.6 is 22.9 Å². The van der Waals surface area contributed by atoms with Gasteiger partial charge in [0.2, 0.25) is 10.0 Å². The number of halogens is 1. The largest absolute Gasteiger partial charge is 0.495 e. The lowest BCUT2D eigenvalue weighted by Crippen LogP contribution is -2.31. The number of hydrogen-bond acceptors (Lipinski definition) is 4. The molecule has 22 heavy (non-hydrogen) atoms. The Morgan fingerprint density at radius 1 is 1.36 bits per heavy atom. The van der Waals surface area contributed by atoms with Crippen molar-refractivity contribution in [3.05, 3.63) is 45.6 Å². The van der Waals surface area contributed by atoms with Gasteiger partial charge in [0.05, 0.1) is 17.0 Å². The number of methoxy groups -OCH3 is 1. The lowest BCUT2D eigenvalue weighted by Gasteiger charge is -2.15. The lowest BCUT2D eigenvalue weighted by molar-refractivity contribution is 0.414. The summed E-state index contributed by atoms with van der Waals surface area (Å²) in [5.41, 5.74) is -0.0303. The van der Waals surface area contributed by atoms with Gasteiger partial charge in [0.25, 0.3) is 0 Å². The van der Waals surface area contributed by atoms with Crippen molar-refractivity contribution in [1.82, 2.24) is 4.72 Å². The van der Waals surface area contributed by atoms with E-state index in [4.69, 9.17) is 16.3 Å². The average molecular weight is 358 g/mol. The first-order valence-corrected chi connectivity index (χ1v) is 9.58. The maximum Gasteiger partial charge on any atom is 0.240 e. The number of thiophene rings is 1. The standard InChI is InChI=1S/C15H16ClNO3S2/c1-20-13-5-4-11(9-12(13)16)22(18,19)17-10-15(6-7-15)14-3-2-8-21-14/h2-5,8-9,17H,6-7,10H2,1H3. The van der Waals surface area contributed by atoms with Gasteiger partial charge in [-0.05, 0) is 42.5 Å². The fourth-order valence-corrected chi connectivity index (χ4v) is 4.83. The van der Waals surface area contributed by atoms with Crippen LogP contribution < -0.4 is 9.46 Å². The van der Waals surface area contributed by atoms with E-state index in [1.165, 1.54) is 24.1 Å². The minimum atomic E-state index is -3.58. The summed E-state index contributed by atoms with van der Waals surface area (Å²) in [6, 6.07) is 8.53. The van der Waals surface area contributed by atoms with Crippen molar-refractivity contribution in [2.75, 3.05) is 13.7 Å². The Morgan fingerprint density at radius 3 is 2.68 bits per heavy atom. The van der Waals surface area contributed by atoms with E-state index in [0.717, 1.165) is 12.8 Å². The number of hydrogen-bond donors (Lipinski definition) is 1. The minimum absolute atomic E-state index is 0.0303. The van der Waals surface area contributed by atoms with E-state index in [0.29, 0.717) is 12.3 Å². The summed E-state index contributed by atoms with van der Waals surface area (Å²) in [5, 5.41) is 2.30. The van der Waals surface area contributed by atoms with Gasteiger partial charge in [0.1, 0.15) is 5.75 Å². The highest BCUT2D eigenvalue weighted by Gasteiger charge is 2.45. The van der Waals surface area contributed by atoms with Crippen LogP contribution in [0, 0.1) is 0 Å². The molecule has 7 heteroatoms. The first kappa shape index (κ1) is 15.8. The Kier molecular flexibility index (Phi) is 4.20. The number of ether oxygens (including phenoxy) is 1. The molecule has 118 valence electrons. The maximum absolute atomic E-state index is 12.4. The number of benzene rings is 1. The summed E-state index contributed by atoms with van der Waals surface area (Å²) in [6.45, 7) is 0.416. The molecular weight excluding hydrogens is 342 g/mol. The summed E-state index contributed by atoms with van der Waals surface area (Å²) in [7, 11) is -2.09. The molecule has 0 aliphatic heterocycles. The van der Waals surface area contributed by atoms with Gasteiger partial charge in [-0.3, -0.25) is 0 Å². The molecule has 1 aliphatic carbocycles.